The molecule has 0 amide bonds. The number of nitrogens with two attached hydrogens (primary N) is 1. The third kappa shape index (κ3) is 1.90. The molecule has 17 heavy (non-hydrogen) atoms. The maximum Gasteiger partial charge on any atom is 0.0704 e. The zero-order chi connectivity index (χ0) is 12.4. The van der Waals surface area contributed by atoms with Crippen molar-refractivity contribution in [1.29, 1.82) is 0 Å². The predicted molar refractivity (Wildman–Crippen MR) is 69.6 cm³/mol. The number of nitrogen functional groups attached to an aromatic ring is 1. The molecule has 0 atom stereocenters. The molecule has 0 fully saturated rings. The Morgan fingerprint density at radius 3 is 2.65 bits per heavy atom. The first-order chi connectivity index (χ1) is 8.19. The Kier molecular flexibility index (Phi) is 3.13. The van der Waals surface area contributed by atoms with E-state index in [-0.39, 0.29) is 0 Å². The maximum atomic E-state index is 6.03. The van der Waals surface area contributed by atoms with Gasteiger partial charge in [0.25, 0.3) is 0 Å². The van der Waals surface area contributed by atoms with Crippen LogP contribution in [0.5, 0.6) is 0 Å². The maximum absolute atomic E-state index is 6.03. The molecule has 2 aromatic heterocycles. The number of pyridine rings is 1. The standard InChI is InChI=1S/C13H18N4/c1-4-11-13(12(5-2)17(3)16-11)9-8-15-7-6-10(9)14/h6-8H,4-5H2,1-3H3,(H2,14,15). The topological polar surface area (TPSA) is 56.7 Å². The lowest BCUT2D eigenvalue weighted by atomic mass is 10.0. The number of anilines is 1. The average molecular weight is 230 g/mol. The van der Waals surface area contributed by atoms with Crippen LogP contribution in [0.1, 0.15) is 25.2 Å². The Balaban J connectivity index is 2.69. The van der Waals surface area contributed by atoms with Crippen molar-refractivity contribution in [2.24, 2.45) is 7.05 Å². The van der Waals surface area contributed by atoms with Gasteiger partial charge in [-0.25, -0.2) is 0 Å². The van der Waals surface area contributed by atoms with Crippen LogP contribution in [0.2, 0.25) is 0 Å². The van der Waals surface area contributed by atoms with E-state index in [0.717, 1.165) is 35.3 Å². The summed E-state index contributed by atoms with van der Waals surface area (Å²) in [5.41, 5.74) is 11.2. The van der Waals surface area contributed by atoms with Gasteiger partial charge in [-0.15, -0.1) is 0 Å². The first-order valence-corrected chi connectivity index (χ1v) is 5.93. The molecule has 0 aliphatic rings. The summed E-state index contributed by atoms with van der Waals surface area (Å²) < 4.78 is 1.95. The first kappa shape index (κ1) is 11.6. The number of aryl methyl sites for hydroxylation is 2. The minimum absolute atomic E-state index is 0.761. The van der Waals surface area contributed by atoms with E-state index in [1.807, 2.05) is 24.0 Å². The van der Waals surface area contributed by atoms with Gasteiger partial charge in [0.15, 0.2) is 0 Å². The summed E-state index contributed by atoms with van der Waals surface area (Å²) in [7, 11) is 1.98. The van der Waals surface area contributed by atoms with Crippen LogP contribution < -0.4 is 5.73 Å². The van der Waals surface area contributed by atoms with Crippen LogP contribution >= 0.6 is 0 Å². The van der Waals surface area contributed by atoms with Crippen molar-refractivity contribution >= 4 is 5.69 Å². The fourth-order valence-corrected chi connectivity index (χ4v) is 2.20. The number of hydrogen-bond donors (Lipinski definition) is 1. The third-order valence-electron chi connectivity index (χ3n) is 3.03. The highest BCUT2D eigenvalue weighted by Gasteiger charge is 2.17. The van der Waals surface area contributed by atoms with E-state index in [4.69, 9.17) is 5.73 Å². The molecule has 2 heterocycles. The molecule has 0 aliphatic heterocycles. The van der Waals surface area contributed by atoms with Crippen LogP contribution in [-0.4, -0.2) is 14.8 Å². The van der Waals surface area contributed by atoms with Crippen molar-refractivity contribution in [2.45, 2.75) is 26.7 Å². The highest BCUT2D eigenvalue weighted by atomic mass is 15.3. The number of rotatable bonds is 3. The normalized spacial score (nSPS) is 10.8. The molecular formula is C13H18N4. The number of nitrogens with zero attached hydrogens (tertiary/aromatic N) is 3. The fourth-order valence-electron chi connectivity index (χ4n) is 2.20. The van der Waals surface area contributed by atoms with Crippen LogP contribution in [-0.2, 0) is 19.9 Å². The second-order valence-corrected chi connectivity index (χ2v) is 4.06. The molecule has 4 nitrogen and oxygen atoms in total. The molecule has 0 saturated heterocycles. The quantitative estimate of drug-likeness (QED) is 0.879. The van der Waals surface area contributed by atoms with Crippen molar-refractivity contribution in [2.75, 3.05) is 5.73 Å². The van der Waals surface area contributed by atoms with Crippen molar-refractivity contribution in [1.82, 2.24) is 14.8 Å². The second-order valence-electron chi connectivity index (χ2n) is 4.06. The van der Waals surface area contributed by atoms with Crippen LogP contribution in [0.3, 0.4) is 0 Å². The van der Waals surface area contributed by atoms with Gasteiger partial charge in [0.1, 0.15) is 0 Å². The lowest BCUT2D eigenvalue weighted by Gasteiger charge is -2.07. The molecule has 0 spiro atoms. The number of aromatic nitrogens is 3. The lowest BCUT2D eigenvalue weighted by Crippen LogP contribution is -1.98. The molecule has 4 heteroatoms. The Labute approximate surface area is 101 Å². The monoisotopic (exact) mass is 230 g/mol. The smallest absolute Gasteiger partial charge is 0.0704 e. The summed E-state index contributed by atoms with van der Waals surface area (Å²) in [6.45, 7) is 4.24. The Morgan fingerprint density at radius 2 is 2.06 bits per heavy atom. The SMILES string of the molecule is CCc1nn(C)c(CC)c1-c1cnccc1N. The zero-order valence-electron chi connectivity index (χ0n) is 10.6. The van der Waals surface area contributed by atoms with Gasteiger partial charge in [0.05, 0.1) is 5.69 Å². The molecule has 2 N–H and O–H groups in total. The Hall–Kier alpha value is -1.84. The van der Waals surface area contributed by atoms with Gasteiger partial charge in [0, 0.05) is 41.9 Å². The van der Waals surface area contributed by atoms with E-state index in [0.29, 0.717) is 0 Å². The van der Waals surface area contributed by atoms with E-state index in [9.17, 15) is 0 Å². The van der Waals surface area contributed by atoms with Gasteiger partial charge in [-0.05, 0) is 18.9 Å². The molecule has 0 radical (unpaired) electrons. The van der Waals surface area contributed by atoms with E-state index in [1.54, 1.807) is 6.20 Å². The van der Waals surface area contributed by atoms with Gasteiger partial charge < -0.3 is 5.73 Å². The van der Waals surface area contributed by atoms with Gasteiger partial charge >= 0.3 is 0 Å². The van der Waals surface area contributed by atoms with Crippen molar-refractivity contribution in [3.63, 3.8) is 0 Å². The summed E-state index contributed by atoms with van der Waals surface area (Å²) in [6, 6.07) is 1.83. The molecule has 0 bridgehead atoms. The third-order valence-corrected chi connectivity index (χ3v) is 3.03. The van der Waals surface area contributed by atoms with Crippen LogP contribution in [0.25, 0.3) is 11.1 Å². The van der Waals surface area contributed by atoms with E-state index in [2.05, 4.69) is 23.9 Å². The molecule has 0 unspecified atom stereocenters. The minimum Gasteiger partial charge on any atom is -0.398 e. The second kappa shape index (κ2) is 4.57. The summed E-state index contributed by atoms with van der Waals surface area (Å²) in [5, 5.41) is 4.55. The van der Waals surface area contributed by atoms with Gasteiger partial charge in [-0.2, -0.15) is 5.10 Å². The Morgan fingerprint density at radius 1 is 1.29 bits per heavy atom. The van der Waals surface area contributed by atoms with Crippen LogP contribution in [0.4, 0.5) is 5.69 Å². The molecule has 0 aromatic carbocycles. The minimum atomic E-state index is 0.761. The molecule has 90 valence electrons. The largest absolute Gasteiger partial charge is 0.398 e. The molecule has 0 saturated carbocycles. The summed E-state index contributed by atoms with van der Waals surface area (Å²) in [6.07, 6.45) is 5.38. The predicted octanol–water partition coefficient (Wildman–Crippen LogP) is 2.19. The summed E-state index contributed by atoms with van der Waals surface area (Å²) >= 11 is 0. The molecule has 2 rings (SSSR count). The van der Waals surface area contributed by atoms with Crippen molar-refractivity contribution < 1.29 is 0 Å². The van der Waals surface area contributed by atoms with Crippen molar-refractivity contribution in [3.8, 4) is 11.1 Å². The van der Waals surface area contributed by atoms with Gasteiger partial charge in [0.2, 0.25) is 0 Å². The van der Waals surface area contributed by atoms with Crippen LogP contribution in [0.15, 0.2) is 18.5 Å². The highest BCUT2D eigenvalue weighted by Crippen LogP contribution is 2.31. The summed E-state index contributed by atoms with van der Waals surface area (Å²) in [5.74, 6) is 0. The first-order valence-electron chi connectivity index (χ1n) is 5.93. The van der Waals surface area contributed by atoms with Gasteiger partial charge in [-0.1, -0.05) is 13.8 Å². The molecular weight excluding hydrogens is 212 g/mol. The van der Waals surface area contributed by atoms with E-state index < -0.39 is 0 Å². The lowest BCUT2D eigenvalue weighted by molar-refractivity contribution is 0.705. The number of hydrogen-bond acceptors (Lipinski definition) is 3. The van der Waals surface area contributed by atoms with E-state index in [1.165, 1.54) is 5.69 Å². The molecule has 0 aliphatic carbocycles. The van der Waals surface area contributed by atoms with Gasteiger partial charge in [-0.3, -0.25) is 9.67 Å². The average Bonchev–Trinajstić information content (AvgIpc) is 2.66. The van der Waals surface area contributed by atoms with Crippen LogP contribution in [0, 0.1) is 0 Å². The van der Waals surface area contributed by atoms with Crippen molar-refractivity contribution in [3.05, 3.63) is 29.8 Å². The fraction of sp³-hybridized carbons (Fsp3) is 0.385. The summed E-state index contributed by atoms with van der Waals surface area (Å²) in [4.78, 5) is 4.16. The zero-order valence-corrected chi connectivity index (χ0v) is 10.6. The highest BCUT2D eigenvalue weighted by molar-refractivity contribution is 5.78. The Bertz CT molecular complexity index is 528. The molecule has 2 aromatic rings. The van der Waals surface area contributed by atoms with E-state index >= 15 is 0 Å².